The Bertz CT molecular complexity index is 2270. The van der Waals surface area contributed by atoms with Crippen LogP contribution >= 0.6 is 0 Å². The fourth-order valence-corrected chi connectivity index (χ4v) is 6.48. The minimum atomic E-state index is -5.23. The van der Waals surface area contributed by atoms with Crippen molar-refractivity contribution in [2.75, 3.05) is 36.4 Å². The second kappa shape index (κ2) is 13.9. The number of carboxylic acid groups (broad SMARTS) is 2. The summed E-state index contributed by atoms with van der Waals surface area (Å²) in [5.74, 6) is -3.35. The second-order valence-corrected chi connectivity index (χ2v) is 12.5. The fourth-order valence-electron chi connectivity index (χ4n) is 5.99. The summed E-state index contributed by atoms with van der Waals surface area (Å²) < 4.78 is 44.8. The summed E-state index contributed by atoms with van der Waals surface area (Å²) >= 11 is 0. The molecule has 0 radical (unpaired) electrons. The number of carbonyl (C=O) groups is 3. The van der Waals surface area contributed by atoms with Crippen molar-refractivity contribution in [1.29, 1.82) is 0 Å². The molecule has 1 heterocycles. The first kappa shape index (κ1) is 34.8. The SMILES string of the molecule is CCN(CC)c1ccc2c(-c3ccc(NC(=O)c4ccc(S(=O)(=O)F)cc4C(=O)O)cc3C(=O)O)c3ccc(=[N+](CC)CC)cc-3oc2c1. The average molecular weight is 689 g/mol. The molecule has 11 nitrogen and oxygen atoms in total. The monoisotopic (exact) mass is 688 g/mol. The lowest BCUT2D eigenvalue weighted by Gasteiger charge is -2.22. The van der Waals surface area contributed by atoms with Crippen LogP contribution in [0.25, 0.3) is 33.4 Å². The van der Waals surface area contributed by atoms with E-state index >= 15 is 0 Å². The number of aromatic carboxylic acids is 2. The molecule has 5 rings (SSSR count). The van der Waals surface area contributed by atoms with E-state index in [1.165, 1.54) is 12.1 Å². The Kier molecular flexibility index (Phi) is 9.85. The number of hydrogen-bond donors (Lipinski definition) is 3. The van der Waals surface area contributed by atoms with Crippen LogP contribution in [0.2, 0.25) is 0 Å². The lowest BCUT2D eigenvalue weighted by molar-refractivity contribution is 0.0685. The van der Waals surface area contributed by atoms with Gasteiger partial charge in [0.05, 0.1) is 27.7 Å². The van der Waals surface area contributed by atoms with Crippen LogP contribution in [0.1, 0.15) is 58.8 Å². The molecule has 1 amide bonds. The molecule has 0 saturated heterocycles. The van der Waals surface area contributed by atoms with Crippen LogP contribution in [0.3, 0.4) is 0 Å². The van der Waals surface area contributed by atoms with Gasteiger partial charge in [0.15, 0.2) is 0 Å². The number of carboxylic acids is 2. The van der Waals surface area contributed by atoms with E-state index in [1.807, 2.05) is 36.4 Å². The molecule has 1 aliphatic carbocycles. The molecule has 3 aromatic carbocycles. The number of nitrogens with one attached hydrogen (secondary N) is 1. The van der Waals surface area contributed by atoms with Gasteiger partial charge in [-0.25, -0.2) is 14.2 Å². The lowest BCUT2D eigenvalue weighted by atomic mass is 9.90. The van der Waals surface area contributed by atoms with Crippen molar-refractivity contribution in [2.24, 2.45) is 0 Å². The largest absolute Gasteiger partial charge is 0.478 e. The molecule has 0 aromatic heterocycles. The zero-order valence-corrected chi connectivity index (χ0v) is 28.1. The third kappa shape index (κ3) is 6.88. The molecular formula is C36H35FN3O8S+. The van der Waals surface area contributed by atoms with Crippen LogP contribution in [0.5, 0.6) is 0 Å². The van der Waals surface area contributed by atoms with Crippen molar-refractivity contribution in [3.8, 4) is 22.5 Å². The Labute approximate surface area is 282 Å². The van der Waals surface area contributed by atoms with E-state index in [4.69, 9.17) is 4.42 Å². The highest BCUT2D eigenvalue weighted by molar-refractivity contribution is 7.86. The highest BCUT2D eigenvalue weighted by Gasteiger charge is 2.25. The first-order chi connectivity index (χ1) is 23.3. The molecule has 0 unspecified atom stereocenters. The van der Waals surface area contributed by atoms with E-state index in [1.54, 1.807) is 6.07 Å². The van der Waals surface area contributed by atoms with Crippen LogP contribution in [-0.4, -0.2) is 62.7 Å². The van der Waals surface area contributed by atoms with Crippen molar-refractivity contribution in [1.82, 2.24) is 4.58 Å². The molecule has 0 saturated carbocycles. The first-order valence-electron chi connectivity index (χ1n) is 15.7. The van der Waals surface area contributed by atoms with E-state index < -0.39 is 44.1 Å². The number of nitrogens with zero attached hydrogens (tertiary/aromatic N) is 2. The number of carbonyl (C=O) groups excluding carboxylic acids is 1. The highest BCUT2D eigenvalue weighted by atomic mass is 32.3. The maximum atomic E-state index is 13.5. The maximum Gasteiger partial charge on any atom is 0.336 e. The summed E-state index contributed by atoms with van der Waals surface area (Å²) in [4.78, 5) is 39.0. The predicted octanol–water partition coefficient (Wildman–Crippen LogP) is 6.17. The molecule has 0 spiro atoms. The van der Waals surface area contributed by atoms with Gasteiger partial charge < -0.3 is 24.8 Å². The van der Waals surface area contributed by atoms with Gasteiger partial charge in [-0.05, 0) is 81.8 Å². The first-order valence-corrected chi connectivity index (χ1v) is 17.0. The molecule has 3 aromatic rings. The lowest BCUT2D eigenvalue weighted by Crippen LogP contribution is -2.29. The number of amides is 1. The molecule has 49 heavy (non-hydrogen) atoms. The van der Waals surface area contributed by atoms with E-state index in [-0.39, 0.29) is 11.3 Å². The van der Waals surface area contributed by atoms with E-state index in [9.17, 15) is 36.9 Å². The van der Waals surface area contributed by atoms with Crippen molar-refractivity contribution in [2.45, 2.75) is 32.6 Å². The Morgan fingerprint density at radius 2 is 1.47 bits per heavy atom. The van der Waals surface area contributed by atoms with Gasteiger partial charge in [-0.3, -0.25) is 4.79 Å². The zero-order valence-electron chi connectivity index (χ0n) is 27.3. The van der Waals surface area contributed by atoms with Crippen molar-refractivity contribution >= 4 is 50.4 Å². The Hall–Kier alpha value is -5.56. The Balaban J connectivity index is 1.69. The number of halogens is 1. The van der Waals surface area contributed by atoms with Crippen molar-refractivity contribution in [3.63, 3.8) is 0 Å². The average Bonchev–Trinajstić information content (AvgIpc) is 3.07. The minimum Gasteiger partial charge on any atom is -0.478 e. The van der Waals surface area contributed by atoms with Gasteiger partial charge in [-0.15, -0.1) is 3.89 Å². The van der Waals surface area contributed by atoms with Crippen LogP contribution in [0, 0.1) is 0 Å². The van der Waals surface area contributed by atoms with Crippen LogP contribution in [-0.2, 0) is 10.2 Å². The van der Waals surface area contributed by atoms with Gasteiger partial charge in [-0.2, -0.15) is 8.42 Å². The summed E-state index contributed by atoms with van der Waals surface area (Å²) in [5.41, 5.74) is 1.83. The zero-order chi connectivity index (χ0) is 35.6. The summed E-state index contributed by atoms with van der Waals surface area (Å²) in [7, 11) is -5.23. The third-order valence-electron chi connectivity index (χ3n) is 8.47. The van der Waals surface area contributed by atoms with E-state index in [0.29, 0.717) is 39.5 Å². The van der Waals surface area contributed by atoms with Crippen molar-refractivity contribution < 1.29 is 41.3 Å². The number of hydrogen-bond acceptors (Lipinski definition) is 7. The van der Waals surface area contributed by atoms with Gasteiger partial charge in [-0.1, -0.05) is 6.07 Å². The molecule has 0 fully saturated rings. The topological polar surface area (TPSA) is 157 Å². The van der Waals surface area contributed by atoms with Crippen LogP contribution < -0.4 is 20.1 Å². The molecular weight excluding hydrogens is 653 g/mol. The van der Waals surface area contributed by atoms with E-state index in [2.05, 4.69) is 42.5 Å². The molecule has 254 valence electrons. The number of fused-ring (bicyclic) bond motifs is 2. The highest BCUT2D eigenvalue weighted by Crippen LogP contribution is 2.42. The summed E-state index contributed by atoms with van der Waals surface area (Å²) in [6.45, 7) is 11.3. The summed E-state index contributed by atoms with van der Waals surface area (Å²) in [6.07, 6.45) is 0. The quantitative estimate of drug-likeness (QED) is 0.0839. The van der Waals surface area contributed by atoms with Crippen LogP contribution in [0.4, 0.5) is 15.3 Å². The van der Waals surface area contributed by atoms with Crippen LogP contribution in [0.15, 0.2) is 82.1 Å². The minimum absolute atomic E-state index is 0.0338. The molecule has 2 aliphatic rings. The molecule has 0 bridgehead atoms. The maximum absolute atomic E-state index is 13.5. The molecule has 13 heteroatoms. The smallest absolute Gasteiger partial charge is 0.336 e. The third-order valence-corrected chi connectivity index (χ3v) is 9.29. The van der Waals surface area contributed by atoms with Gasteiger partial charge in [0.2, 0.25) is 5.36 Å². The van der Waals surface area contributed by atoms with E-state index in [0.717, 1.165) is 49.4 Å². The molecule has 3 N–H and O–H groups in total. The fraction of sp³-hybridized carbons (Fsp3) is 0.222. The van der Waals surface area contributed by atoms with Gasteiger partial charge >= 0.3 is 22.2 Å². The van der Waals surface area contributed by atoms with Gasteiger partial charge in [0.1, 0.15) is 24.4 Å². The molecule has 0 atom stereocenters. The Morgan fingerprint density at radius 1 is 0.796 bits per heavy atom. The summed E-state index contributed by atoms with van der Waals surface area (Å²) in [6, 6.07) is 18.1. The van der Waals surface area contributed by atoms with Crippen molar-refractivity contribution in [3.05, 3.63) is 94.8 Å². The number of rotatable bonds is 11. The van der Waals surface area contributed by atoms with Gasteiger partial charge in [0, 0.05) is 53.1 Å². The molecule has 1 aliphatic heterocycles. The second-order valence-electron chi connectivity index (χ2n) is 11.2. The van der Waals surface area contributed by atoms with Gasteiger partial charge in [0.25, 0.3) is 5.91 Å². The number of anilines is 2. The summed E-state index contributed by atoms with van der Waals surface area (Å²) in [5, 5.41) is 24.1. The Morgan fingerprint density at radius 3 is 2.08 bits per heavy atom. The standard InChI is InChI=1S/C36H34FN3O8S/c1-5-39(6-2)22-10-14-27-31(18-22)48-32-19-23(40(7-3)8-4)11-15-28(32)33(27)25-13-9-21(17-29(25)35(42)43)38-34(41)26-16-12-24(49(37,46)47)20-30(26)36(44)45/h9-20H,5-8H2,1-4H3,(H2,42,43,44,45)/p+1. The normalized spacial score (nSPS) is 11.4. The number of benzene rings is 4. The predicted molar refractivity (Wildman–Crippen MR) is 185 cm³/mol.